The van der Waals surface area contributed by atoms with Gasteiger partial charge in [0.2, 0.25) is 0 Å². The molecule has 156 valence electrons. The van der Waals surface area contributed by atoms with Crippen molar-refractivity contribution in [1.82, 2.24) is 5.32 Å². The molecule has 0 aromatic heterocycles. The molecule has 2 N–H and O–H groups in total. The van der Waals surface area contributed by atoms with Crippen molar-refractivity contribution in [2.45, 2.75) is 32.2 Å². The third kappa shape index (κ3) is 5.80. The van der Waals surface area contributed by atoms with E-state index in [1.165, 1.54) is 0 Å². The van der Waals surface area contributed by atoms with Crippen molar-refractivity contribution in [3.63, 3.8) is 0 Å². The minimum Gasteiger partial charge on any atom is -0.455 e. The largest absolute Gasteiger partial charge is 0.455 e. The molecule has 1 aliphatic carbocycles. The van der Waals surface area contributed by atoms with Crippen LogP contribution in [0.3, 0.4) is 0 Å². The van der Waals surface area contributed by atoms with Crippen LogP contribution in [0.25, 0.3) is 0 Å². The molecule has 6 nitrogen and oxygen atoms in total. The van der Waals surface area contributed by atoms with Crippen LogP contribution in [0.2, 0.25) is 0 Å². The lowest BCUT2D eigenvalue weighted by molar-refractivity contribution is -0.151. The van der Waals surface area contributed by atoms with Gasteiger partial charge in [-0.25, -0.2) is 0 Å². The fourth-order valence-corrected chi connectivity index (χ4v) is 3.34. The SMILES string of the molecule is C[C@H](NC(=O)c1ccccc1NC(=O)COC(=O)[C@@H]1CC=CCC1)c1ccccc1. The quantitative estimate of drug-likeness (QED) is 0.537. The molecule has 2 aromatic carbocycles. The second kappa shape index (κ2) is 10.4. The Morgan fingerprint density at radius 3 is 2.50 bits per heavy atom. The van der Waals surface area contributed by atoms with Crippen LogP contribution >= 0.6 is 0 Å². The van der Waals surface area contributed by atoms with E-state index < -0.39 is 5.91 Å². The lowest BCUT2D eigenvalue weighted by atomic mass is 9.95. The van der Waals surface area contributed by atoms with Gasteiger partial charge in [-0.2, -0.15) is 0 Å². The molecule has 30 heavy (non-hydrogen) atoms. The van der Waals surface area contributed by atoms with E-state index >= 15 is 0 Å². The zero-order chi connectivity index (χ0) is 21.3. The number of para-hydroxylation sites is 1. The van der Waals surface area contributed by atoms with E-state index in [0.717, 1.165) is 18.4 Å². The maximum Gasteiger partial charge on any atom is 0.309 e. The van der Waals surface area contributed by atoms with E-state index in [1.54, 1.807) is 24.3 Å². The number of ether oxygens (including phenoxy) is 1. The van der Waals surface area contributed by atoms with Crippen molar-refractivity contribution in [2.75, 3.05) is 11.9 Å². The van der Waals surface area contributed by atoms with E-state index in [2.05, 4.69) is 10.6 Å². The van der Waals surface area contributed by atoms with E-state index in [-0.39, 0.29) is 30.4 Å². The van der Waals surface area contributed by atoms with Crippen LogP contribution in [0.1, 0.15) is 48.1 Å². The van der Waals surface area contributed by atoms with E-state index in [0.29, 0.717) is 17.7 Å². The summed E-state index contributed by atoms with van der Waals surface area (Å²) in [6.45, 7) is 1.52. The van der Waals surface area contributed by atoms with Crippen molar-refractivity contribution in [2.24, 2.45) is 5.92 Å². The van der Waals surface area contributed by atoms with Crippen molar-refractivity contribution in [3.05, 3.63) is 77.9 Å². The first-order valence-corrected chi connectivity index (χ1v) is 10.1. The third-order valence-electron chi connectivity index (χ3n) is 5.04. The molecule has 0 saturated heterocycles. The molecule has 0 unspecified atom stereocenters. The maximum absolute atomic E-state index is 12.7. The van der Waals surface area contributed by atoms with Crippen LogP contribution in [-0.2, 0) is 14.3 Å². The maximum atomic E-state index is 12.7. The molecule has 2 aromatic rings. The first-order chi connectivity index (χ1) is 14.5. The minimum atomic E-state index is -0.481. The summed E-state index contributed by atoms with van der Waals surface area (Å²) in [4.78, 5) is 37.1. The summed E-state index contributed by atoms with van der Waals surface area (Å²) in [5, 5.41) is 5.61. The lowest BCUT2D eigenvalue weighted by Crippen LogP contribution is -2.29. The molecule has 1 aliphatic rings. The zero-order valence-electron chi connectivity index (χ0n) is 17.0. The topological polar surface area (TPSA) is 84.5 Å². The Morgan fingerprint density at radius 2 is 1.77 bits per heavy atom. The van der Waals surface area contributed by atoms with Crippen LogP contribution in [0.15, 0.2) is 66.7 Å². The van der Waals surface area contributed by atoms with Gasteiger partial charge in [0.25, 0.3) is 11.8 Å². The molecule has 2 amide bonds. The third-order valence-corrected chi connectivity index (χ3v) is 5.04. The first-order valence-electron chi connectivity index (χ1n) is 10.1. The van der Waals surface area contributed by atoms with Gasteiger partial charge in [-0.1, -0.05) is 54.6 Å². The number of hydrogen-bond acceptors (Lipinski definition) is 4. The van der Waals surface area contributed by atoms with Gasteiger partial charge in [0, 0.05) is 0 Å². The highest BCUT2D eigenvalue weighted by molar-refractivity contribution is 6.04. The van der Waals surface area contributed by atoms with Crippen molar-refractivity contribution in [3.8, 4) is 0 Å². The fourth-order valence-electron chi connectivity index (χ4n) is 3.34. The molecule has 0 radical (unpaired) electrons. The molecule has 0 aliphatic heterocycles. The second-order valence-electron chi connectivity index (χ2n) is 7.29. The van der Waals surface area contributed by atoms with Crippen molar-refractivity contribution >= 4 is 23.5 Å². The van der Waals surface area contributed by atoms with Gasteiger partial charge in [-0.05, 0) is 43.9 Å². The van der Waals surface area contributed by atoms with Gasteiger partial charge in [-0.3, -0.25) is 14.4 Å². The van der Waals surface area contributed by atoms with Crippen LogP contribution in [-0.4, -0.2) is 24.4 Å². The number of allylic oxidation sites excluding steroid dienone is 2. The Hall–Kier alpha value is -3.41. The van der Waals surface area contributed by atoms with Gasteiger partial charge in [-0.15, -0.1) is 0 Å². The number of rotatable bonds is 7. The van der Waals surface area contributed by atoms with Gasteiger partial charge in [0.15, 0.2) is 6.61 Å². The van der Waals surface area contributed by atoms with Crippen LogP contribution in [0.5, 0.6) is 0 Å². The zero-order valence-corrected chi connectivity index (χ0v) is 17.0. The molecule has 0 bridgehead atoms. The summed E-state index contributed by atoms with van der Waals surface area (Å²) in [6, 6.07) is 16.2. The Bertz CT molecular complexity index is 924. The highest BCUT2D eigenvalue weighted by Gasteiger charge is 2.21. The van der Waals surface area contributed by atoms with E-state index in [9.17, 15) is 14.4 Å². The van der Waals surface area contributed by atoms with E-state index in [4.69, 9.17) is 4.74 Å². The van der Waals surface area contributed by atoms with Gasteiger partial charge in [0.05, 0.1) is 23.2 Å². The highest BCUT2D eigenvalue weighted by Crippen LogP contribution is 2.20. The molecule has 0 saturated carbocycles. The number of carbonyl (C=O) groups excluding carboxylic acids is 3. The monoisotopic (exact) mass is 406 g/mol. The summed E-state index contributed by atoms with van der Waals surface area (Å²) in [5.41, 5.74) is 1.70. The van der Waals surface area contributed by atoms with Gasteiger partial charge >= 0.3 is 5.97 Å². The Kier molecular flexibility index (Phi) is 7.38. The van der Waals surface area contributed by atoms with Gasteiger partial charge in [0.1, 0.15) is 0 Å². The van der Waals surface area contributed by atoms with Crippen LogP contribution in [0, 0.1) is 5.92 Å². The highest BCUT2D eigenvalue weighted by atomic mass is 16.5. The van der Waals surface area contributed by atoms with Crippen molar-refractivity contribution in [1.29, 1.82) is 0 Å². The fraction of sp³-hybridized carbons (Fsp3) is 0.292. The Balaban J connectivity index is 1.57. The average Bonchev–Trinajstić information content (AvgIpc) is 2.79. The summed E-state index contributed by atoms with van der Waals surface area (Å²) in [6.07, 6.45) is 6.22. The predicted octanol–water partition coefficient (Wildman–Crippen LogP) is 4.02. The molecule has 6 heteroatoms. The molecule has 2 atom stereocenters. The number of amides is 2. The number of anilines is 1. The normalized spacial score (nSPS) is 16.4. The van der Waals surface area contributed by atoms with Crippen molar-refractivity contribution < 1.29 is 19.1 Å². The molecule has 3 rings (SSSR count). The van der Waals surface area contributed by atoms with Crippen LogP contribution < -0.4 is 10.6 Å². The summed E-state index contributed by atoms with van der Waals surface area (Å²) in [7, 11) is 0. The molecule has 0 spiro atoms. The number of benzene rings is 2. The summed E-state index contributed by atoms with van der Waals surface area (Å²) in [5.74, 6) is -1.34. The smallest absolute Gasteiger partial charge is 0.309 e. The first kappa shape index (κ1) is 21.3. The lowest BCUT2D eigenvalue weighted by Gasteiger charge is -2.17. The summed E-state index contributed by atoms with van der Waals surface area (Å²) < 4.78 is 5.15. The standard InChI is InChI=1S/C24H26N2O4/c1-17(18-10-4-2-5-11-18)25-23(28)20-14-8-9-15-21(20)26-22(27)16-30-24(29)19-12-6-3-7-13-19/h2-6,8-11,14-15,17,19H,7,12-13,16H2,1H3,(H,25,28)(H,26,27)/t17-,19+/m0/s1. The molecular formula is C24H26N2O4. The number of carbonyl (C=O) groups is 3. The second-order valence-corrected chi connectivity index (χ2v) is 7.29. The molecule has 0 heterocycles. The number of hydrogen-bond donors (Lipinski definition) is 2. The minimum absolute atomic E-state index is 0.187. The Morgan fingerprint density at radius 1 is 1.03 bits per heavy atom. The Labute approximate surface area is 176 Å². The average molecular weight is 406 g/mol. The molecule has 0 fully saturated rings. The van der Waals surface area contributed by atoms with Gasteiger partial charge < -0.3 is 15.4 Å². The predicted molar refractivity (Wildman–Crippen MR) is 115 cm³/mol. The summed E-state index contributed by atoms with van der Waals surface area (Å²) >= 11 is 0. The number of esters is 1. The van der Waals surface area contributed by atoms with E-state index in [1.807, 2.05) is 49.4 Å². The van der Waals surface area contributed by atoms with Crippen LogP contribution in [0.4, 0.5) is 5.69 Å². The number of nitrogens with one attached hydrogen (secondary N) is 2. The molecular weight excluding hydrogens is 380 g/mol.